The second-order valence-corrected chi connectivity index (χ2v) is 5.72. The second-order valence-electron chi connectivity index (χ2n) is 5.31. The summed E-state index contributed by atoms with van der Waals surface area (Å²) in [5.74, 6) is -0.182. The van der Waals surface area contributed by atoms with Gasteiger partial charge in [-0.1, -0.05) is 41.9 Å². The highest BCUT2D eigenvalue weighted by Gasteiger charge is 2.10. The first-order valence-electron chi connectivity index (χ1n) is 7.63. The molecule has 0 fully saturated rings. The van der Waals surface area contributed by atoms with Gasteiger partial charge in [0.1, 0.15) is 11.6 Å². The zero-order valence-corrected chi connectivity index (χ0v) is 13.9. The molecule has 0 aliphatic heterocycles. The molecule has 0 bridgehead atoms. The van der Waals surface area contributed by atoms with Crippen LogP contribution in [-0.4, -0.2) is 10.9 Å². The minimum atomic E-state index is -0.329. The predicted molar refractivity (Wildman–Crippen MR) is 97.4 cm³/mol. The summed E-state index contributed by atoms with van der Waals surface area (Å²) in [4.78, 5) is 16.4. The van der Waals surface area contributed by atoms with Crippen LogP contribution < -0.4 is 10.6 Å². The number of aromatic nitrogens is 1. The van der Waals surface area contributed by atoms with Crippen molar-refractivity contribution in [1.82, 2.24) is 4.98 Å². The van der Waals surface area contributed by atoms with Gasteiger partial charge in [-0.2, -0.15) is 0 Å². The topological polar surface area (TPSA) is 54.0 Å². The van der Waals surface area contributed by atoms with Crippen molar-refractivity contribution >= 4 is 29.0 Å². The van der Waals surface area contributed by atoms with Crippen LogP contribution in [0.1, 0.15) is 15.9 Å². The van der Waals surface area contributed by atoms with E-state index in [4.69, 9.17) is 11.6 Å². The third-order valence-corrected chi connectivity index (χ3v) is 3.89. The normalized spacial score (nSPS) is 10.3. The Balaban J connectivity index is 1.62. The molecule has 0 aliphatic carbocycles. The van der Waals surface area contributed by atoms with Crippen molar-refractivity contribution < 1.29 is 9.18 Å². The monoisotopic (exact) mass is 355 g/mol. The molecule has 0 spiro atoms. The molecule has 126 valence electrons. The third-order valence-electron chi connectivity index (χ3n) is 3.56. The Morgan fingerprint density at radius 2 is 1.80 bits per heavy atom. The standard InChI is InChI=1S/C19H15ClFN3O/c20-16-7-3-2-6-15(16)19(25)24-18-10-9-14(12-23-18)22-11-13-5-1-4-8-17(13)21/h1-10,12,22H,11H2,(H,23,24,25). The minimum absolute atomic E-state index is 0.258. The quantitative estimate of drug-likeness (QED) is 0.695. The van der Waals surface area contributed by atoms with Gasteiger partial charge in [0.25, 0.3) is 5.91 Å². The van der Waals surface area contributed by atoms with Crippen LogP contribution in [0.15, 0.2) is 66.9 Å². The molecule has 3 aromatic rings. The van der Waals surface area contributed by atoms with Gasteiger partial charge in [-0.05, 0) is 30.3 Å². The molecule has 4 nitrogen and oxygen atoms in total. The van der Waals surface area contributed by atoms with Gasteiger partial charge in [0.05, 0.1) is 22.5 Å². The first-order valence-corrected chi connectivity index (χ1v) is 8.00. The summed E-state index contributed by atoms with van der Waals surface area (Å²) in [6, 6.07) is 16.8. The Hall–Kier alpha value is -2.92. The van der Waals surface area contributed by atoms with E-state index in [-0.39, 0.29) is 11.7 Å². The average molecular weight is 356 g/mol. The first kappa shape index (κ1) is 16.9. The Morgan fingerprint density at radius 1 is 1.04 bits per heavy atom. The number of benzene rings is 2. The number of anilines is 2. The van der Waals surface area contributed by atoms with Gasteiger partial charge >= 0.3 is 0 Å². The maximum absolute atomic E-state index is 13.6. The molecule has 1 amide bonds. The summed E-state index contributed by atoms with van der Waals surface area (Å²) in [5.41, 5.74) is 1.67. The van der Waals surface area contributed by atoms with E-state index in [1.165, 1.54) is 6.07 Å². The molecule has 0 atom stereocenters. The molecule has 0 unspecified atom stereocenters. The van der Waals surface area contributed by atoms with Crippen molar-refractivity contribution in [3.63, 3.8) is 0 Å². The van der Waals surface area contributed by atoms with Crippen molar-refractivity contribution in [3.05, 3.63) is 88.8 Å². The van der Waals surface area contributed by atoms with Gasteiger partial charge in [-0.15, -0.1) is 0 Å². The highest BCUT2D eigenvalue weighted by atomic mass is 35.5. The number of carbonyl (C=O) groups excluding carboxylic acids is 1. The van der Waals surface area contributed by atoms with E-state index in [2.05, 4.69) is 15.6 Å². The number of hydrogen-bond donors (Lipinski definition) is 2. The van der Waals surface area contributed by atoms with Crippen LogP contribution in [-0.2, 0) is 6.54 Å². The lowest BCUT2D eigenvalue weighted by Gasteiger charge is -2.09. The molecule has 1 heterocycles. The minimum Gasteiger partial charge on any atom is -0.380 e. The van der Waals surface area contributed by atoms with Gasteiger partial charge < -0.3 is 10.6 Å². The summed E-state index contributed by atoms with van der Waals surface area (Å²) in [6.45, 7) is 0.347. The first-order chi connectivity index (χ1) is 12.1. The number of nitrogens with zero attached hydrogens (tertiary/aromatic N) is 1. The van der Waals surface area contributed by atoms with Crippen molar-refractivity contribution in [1.29, 1.82) is 0 Å². The second kappa shape index (κ2) is 7.77. The molecule has 0 saturated heterocycles. The van der Waals surface area contributed by atoms with E-state index in [1.807, 2.05) is 0 Å². The van der Waals surface area contributed by atoms with Gasteiger partial charge in [-0.3, -0.25) is 4.79 Å². The molecule has 1 aromatic heterocycles. The van der Waals surface area contributed by atoms with Gasteiger partial charge in [-0.25, -0.2) is 9.37 Å². The molecular formula is C19H15ClFN3O. The summed E-state index contributed by atoms with van der Waals surface area (Å²) < 4.78 is 13.6. The zero-order valence-electron chi connectivity index (χ0n) is 13.2. The van der Waals surface area contributed by atoms with E-state index < -0.39 is 0 Å². The molecule has 3 rings (SSSR count). The Bertz CT molecular complexity index is 884. The Labute approximate surface area is 149 Å². The third kappa shape index (κ3) is 4.33. The molecule has 0 aliphatic rings. The molecule has 2 aromatic carbocycles. The van der Waals surface area contributed by atoms with E-state index in [1.54, 1.807) is 60.8 Å². The molecule has 0 saturated carbocycles. The zero-order chi connectivity index (χ0) is 17.6. The van der Waals surface area contributed by atoms with Gasteiger partial charge in [0.2, 0.25) is 0 Å². The highest BCUT2D eigenvalue weighted by molar-refractivity contribution is 6.34. The number of rotatable bonds is 5. The SMILES string of the molecule is O=C(Nc1ccc(NCc2ccccc2F)cn1)c1ccccc1Cl. The van der Waals surface area contributed by atoms with Crippen LogP contribution in [0.4, 0.5) is 15.9 Å². The molecular weight excluding hydrogens is 341 g/mol. The van der Waals surface area contributed by atoms with Crippen LogP contribution in [0.2, 0.25) is 5.02 Å². The van der Waals surface area contributed by atoms with Gasteiger partial charge in [0, 0.05) is 12.1 Å². The fourth-order valence-electron chi connectivity index (χ4n) is 2.24. The lowest BCUT2D eigenvalue weighted by atomic mass is 10.2. The number of hydrogen-bond acceptors (Lipinski definition) is 3. The number of nitrogens with one attached hydrogen (secondary N) is 2. The fourth-order valence-corrected chi connectivity index (χ4v) is 2.46. The smallest absolute Gasteiger partial charge is 0.258 e. The van der Waals surface area contributed by atoms with Crippen LogP contribution in [0.25, 0.3) is 0 Å². The van der Waals surface area contributed by atoms with Crippen LogP contribution >= 0.6 is 11.6 Å². The van der Waals surface area contributed by atoms with Crippen molar-refractivity contribution in [3.8, 4) is 0 Å². The number of carbonyl (C=O) groups is 1. The van der Waals surface area contributed by atoms with Crippen molar-refractivity contribution in [2.24, 2.45) is 0 Å². The Kier molecular flexibility index (Phi) is 5.26. The van der Waals surface area contributed by atoms with Gasteiger partial charge in [0.15, 0.2) is 0 Å². The number of pyridine rings is 1. The molecule has 2 N–H and O–H groups in total. The van der Waals surface area contributed by atoms with E-state index >= 15 is 0 Å². The van der Waals surface area contributed by atoms with E-state index in [9.17, 15) is 9.18 Å². The summed E-state index contributed by atoms with van der Waals surface area (Å²) >= 11 is 6.00. The summed E-state index contributed by atoms with van der Waals surface area (Å²) in [5, 5.41) is 6.15. The highest BCUT2D eigenvalue weighted by Crippen LogP contribution is 2.17. The number of amides is 1. The lowest BCUT2D eigenvalue weighted by Crippen LogP contribution is -2.13. The lowest BCUT2D eigenvalue weighted by molar-refractivity contribution is 0.102. The largest absolute Gasteiger partial charge is 0.380 e. The molecule has 25 heavy (non-hydrogen) atoms. The maximum Gasteiger partial charge on any atom is 0.258 e. The van der Waals surface area contributed by atoms with E-state index in [0.29, 0.717) is 28.5 Å². The van der Waals surface area contributed by atoms with E-state index in [0.717, 1.165) is 5.69 Å². The van der Waals surface area contributed by atoms with Crippen molar-refractivity contribution in [2.75, 3.05) is 10.6 Å². The number of halogens is 2. The summed E-state index contributed by atoms with van der Waals surface area (Å²) in [7, 11) is 0. The molecule has 0 radical (unpaired) electrons. The predicted octanol–water partition coefficient (Wildman–Crippen LogP) is 4.74. The van der Waals surface area contributed by atoms with Crippen molar-refractivity contribution in [2.45, 2.75) is 6.54 Å². The average Bonchev–Trinajstić information content (AvgIpc) is 2.62. The van der Waals surface area contributed by atoms with Crippen LogP contribution in [0.3, 0.4) is 0 Å². The fraction of sp³-hybridized carbons (Fsp3) is 0.0526. The molecule has 6 heteroatoms. The Morgan fingerprint density at radius 3 is 2.52 bits per heavy atom. The summed E-state index contributed by atoms with van der Waals surface area (Å²) in [6.07, 6.45) is 1.57. The van der Waals surface area contributed by atoms with Crippen LogP contribution in [0.5, 0.6) is 0 Å². The maximum atomic E-state index is 13.6. The van der Waals surface area contributed by atoms with Crippen LogP contribution in [0, 0.1) is 5.82 Å².